The minimum atomic E-state index is -0.368. The van der Waals surface area contributed by atoms with Gasteiger partial charge in [-0.3, -0.25) is 9.69 Å². The van der Waals surface area contributed by atoms with Crippen LogP contribution >= 0.6 is 11.6 Å². The van der Waals surface area contributed by atoms with Crippen LogP contribution in [0.3, 0.4) is 0 Å². The lowest BCUT2D eigenvalue weighted by Crippen LogP contribution is -2.57. The topological polar surface area (TPSA) is 112 Å². The second-order valence-corrected chi connectivity index (χ2v) is 9.85. The van der Waals surface area contributed by atoms with Gasteiger partial charge in [0.2, 0.25) is 0 Å². The Kier molecular flexibility index (Phi) is 8.43. The zero-order valence-electron chi connectivity index (χ0n) is 20.6. The molecule has 4 rings (SSSR count). The number of nitrogens with zero attached hydrogens (tertiary/aromatic N) is 1. The van der Waals surface area contributed by atoms with E-state index in [1.165, 1.54) is 25.3 Å². The number of hydrogen-bond donors (Lipinski definition) is 3. The number of nitrogens with one attached hydrogen (secondary N) is 1. The van der Waals surface area contributed by atoms with Crippen molar-refractivity contribution in [3.63, 3.8) is 0 Å². The molecule has 1 heterocycles. The van der Waals surface area contributed by atoms with Crippen molar-refractivity contribution in [1.82, 2.24) is 10.2 Å². The molecular weight excluding hydrogens is 487 g/mol. The van der Waals surface area contributed by atoms with Crippen molar-refractivity contribution in [3.05, 3.63) is 46.7 Å². The lowest BCUT2D eigenvalue weighted by atomic mass is 9.89. The predicted molar refractivity (Wildman–Crippen MR) is 138 cm³/mol. The number of rotatable bonds is 7. The van der Waals surface area contributed by atoms with Crippen molar-refractivity contribution in [2.45, 2.75) is 56.4 Å². The molecule has 0 bridgehead atoms. The van der Waals surface area contributed by atoms with E-state index >= 15 is 0 Å². The average Bonchev–Trinajstić information content (AvgIpc) is 2.87. The van der Waals surface area contributed by atoms with Gasteiger partial charge in [0, 0.05) is 38.4 Å². The normalized spacial score (nSPS) is 24.8. The Bertz CT molecular complexity index is 1080. The van der Waals surface area contributed by atoms with Gasteiger partial charge >= 0.3 is 0 Å². The number of methoxy groups -OCH3 is 2. The minimum Gasteiger partial charge on any atom is -0.496 e. The molecule has 0 radical (unpaired) electrons. The van der Waals surface area contributed by atoms with E-state index in [0.717, 1.165) is 45.2 Å². The summed E-state index contributed by atoms with van der Waals surface area (Å²) in [6, 6.07) is 7.60. The van der Waals surface area contributed by atoms with Crippen LogP contribution in [-0.2, 0) is 4.74 Å². The number of nitrogens with two attached hydrogens (primary N) is 2. The summed E-state index contributed by atoms with van der Waals surface area (Å²) in [5.41, 5.74) is 12.8. The van der Waals surface area contributed by atoms with Crippen molar-refractivity contribution in [2.24, 2.45) is 0 Å². The first-order valence-corrected chi connectivity index (χ1v) is 12.6. The van der Waals surface area contributed by atoms with Gasteiger partial charge in [-0.15, -0.1) is 0 Å². The van der Waals surface area contributed by atoms with E-state index < -0.39 is 0 Å². The van der Waals surface area contributed by atoms with Crippen molar-refractivity contribution < 1.29 is 23.4 Å². The third-order valence-electron chi connectivity index (χ3n) is 7.20. The molecule has 5 N–H and O–H groups in total. The second-order valence-electron chi connectivity index (χ2n) is 9.44. The Balaban J connectivity index is 1.31. The number of amides is 1. The van der Waals surface area contributed by atoms with E-state index in [9.17, 15) is 9.18 Å². The molecule has 1 amide bonds. The molecule has 10 heteroatoms. The number of piperidine rings is 1. The largest absolute Gasteiger partial charge is 0.496 e. The molecule has 0 aromatic heterocycles. The SMILES string of the molecule is COc1cc(N)c(Cl)cc1C(=O)N[C@@H]1CCN(C2CCC(Oc3ccc(F)cc3N)CC2)C[C@@H]1OC. The second kappa shape index (κ2) is 11.5. The molecule has 1 saturated heterocycles. The fourth-order valence-corrected chi connectivity index (χ4v) is 5.34. The summed E-state index contributed by atoms with van der Waals surface area (Å²) in [5.74, 6) is 0.274. The highest BCUT2D eigenvalue weighted by molar-refractivity contribution is 6.33. The van der Waals surface area contributed by atoms with E-state index in [1.807, 2.05) is 0 Å². The zero-order valence-corrected chi connectivity index (χ0v) is 21.4. The molecule has 196 valence electrons. The van der Waals surface area contributed by atoms with Crippen LogP contribution in [0.5, 0.6) is 11.5 Å². The van der Waals surface area contributed by atoms with Crippen LogP contribution in [0.25, 0.3) is 0 Å². The van der Waals surface area contributed by atoms with Crippen LogP contribution in [0.2, 0.25) is 5.02 Å². The molecule has 2 aliphatic rings. The molecule has 2 aromatic rings. The number of likely N-dealkylation sites (tertiary alicyclic amines) is 1. The van der Waals surface area contributed by atoms with Gasteiger partial charge in [0.1, 0.15) is 17.3 Å². The van der Waals surface area contributed by atoms with Crippen molar-refractivity contribution in [3.8, 4) is 11.5 Å². The fraction of sp³-hybridized carbons (Fsp3) is 0.500. The monoisotopic (exact) mass is 520 g/mol. The lowest BCUT2D eigenvalue weighted by molar-refractivity contribution is -0.0188. The number of nitrogen functional groups attached to an aromatic ring is 2. The van der Waals surface area contributed by atoms with Crippen molar-refractivity contribution in [2.75, 3.05) is 38.8 Å². The Morgan fingerprint density at radius 3 is 2.47 bits per heavy atom. The fourth-order valence-electron chi connectivity index (χ4n) is 5.17. The van der Waals surface area contributed by atoms with Crippen LogP contribution in [0, 0.1) is 5.82 Å². The summed E-state index contributed by atoms with van der Waals surface area (Å²) in [6.45, 7) is 1.58. The smallest absolute Gasteiger partial charge is 0.255 e. The summed E-state index contributed by atoms with van der Waals surface area (Å²) >= 11 is 6.14. The number of carbonyl (C=O) groups excluding carboxylic acids is 1. The molecule has 0 unspecified atom stereocenters. The maximum Gasteiger partial charge on any atom is 0.255 e. The van der Waals surface area contributed by atoms with Crippen molar-refractivity contribution in [1.29, 1.82) is 0 Å². The molecular formula is C26H34ClFN4O4. The molecule has 2 fully saturated rings. The number of carbonyl (C=O) groups is 1. The van der Waals surface area contributed by atoms with Gasteiger partial charge in [-0.05, 0) is 50.3 Å². The first kappa shape index (κ1) is 26.3. The number of hydrogen-bond acceptors (Lipinski definition) is 7. The maximum absolute atomic E-state index is 13.3. The van der Waals surface area contributed by atoms with Crippen LogP contribution in [0.1, 0.15) is 42.5 Å². The first-order chi connectivity index (χ1) is 17.3. The molecule has 0 spiro atoms. The summed E-state index contributed by atoms with van der Waals surface area (Å²) in [7, 11) is 3.16. The van der Waals surface area contributed by atoms with Gasteiger partial charge in [-0.1, -0.05) is 11.6 Å². The average molecular weight is 521 g/mol. The number of ether oxygens (including phenoxy) is 3. The number of anilines is 2. The Labute approximate surface area is 216 Å². The summed E-state index contributed by atoms with van der Waals surface area (Å²) in [6.07, 6.45) is 4.44. The predicted octanol–water partition coefficient (Wildman–Crippen LogP) is 3.86. The Hall–Kier alpha value is -2.75. The first-order valence-electron chi connectivity index (χ1n) is 12.2. The molecule has 8 nitrogen and oxygen atoms in total. The van der Waals surface area contributed by atoms with Crippen LogP contribution < -0.4 is 26.3 Å². The Morgan fingerprint density at radius 1 is 1.06 bits per heavy atom. The third kappa shape index (κ3) is 5.96. The summed E-state index contributed by atoms with van der Waals surface area (Å²) < 4.78 is 30.5. The molecule has 2 atom stereocenters. The van der Waals surface area contributed by atoms with E-state index in [0.29, 0.717) is 39.5 Å². The van der Waals surface area contributed by atoms with E-state index in [4.69, 9.17) is 37.3 Å². The number of halogens is 2. The minimum absolute atomic E-state index is 0.0609. The van der Waals surface area contributed by atoms with Gasteiger partial charge in [0.05, 0.1) is 47.3 Å². The molecule has 2 aromatic carbocycles. The van der Waals surface area contributed by atoms with Crippen LogP contribution in [0.15, 0.2) is 30.3 Å². The van der Waals surface area contributed by atoms with Gasteiger partial charge in [0.25, 0.3) is 5.91 Å². The highest BCUT2D eigenvalue weighted by Crippen LogP contribution is 2.32. The lowest BCUT2D eigenvalue weighted by Gasteiger charge is -2.44. The van der Waals surface area contributed by atoms with E-state index in [1.54, 1.807) is 19.2 Å². The van der Waals surface area contributed by atoms with E-state index in [-0.39, 0.29) is 30.0 Å². The zero-order chi connectivity index (χ0) is 25.8. The van der Waals surface area contributed by atoms with Crippen LogP contribution in [-0.4, -0.2) is 62.4 Å². The van der Waals surface area contributed by atoms with Crippen molar-refractivity contribution >= 4 is 28.9 Å². The molecule has 1 saturated carbocycles. The third-order valence-corrected chi connectivity index (χ3v) is 7.53. The van der Waals surface area contributed by atoms with E-state index in [2.05, 4.69) is 10.2 Å². The molecule has 36 heavy (non-hydrogen) atoms. The summed E-state index contributed by atoms with van der Waals surface area (Å²) in [4.78, 5) is 15.5. The highest BCUT2D eigenvalue weighted by Gasteiger charge is 2.36. The van der Waals surface area contributed by atoms with Crippen LogP contribution in [0.4, 0.5) is 15.8 Å². The molecule has 1 aliphatic carbocycles. The standard InChI is InChI=1S/C26H34ClFN4O4/c1-34-24-13-20(29)19(27)12-18(24)26(33)31-22-9-10-32(14-25(22)35-2)16-4-6-17(7-5-16)36-23-8-3-15(28)11-21(23)30/h3,8,11-13,16-17,22,25H,4-7,9-10,14,29-30H2,1-2H3,(H,31,33)/t16?,17?,22-,25+/m1/s1. The quantitative estimate of drug-likeness (QED) is 0.475. The van der Waals surface area contributed by atoms with Gasteiger partial charge < -0.3 is 31.0 Å². The summed E-state index contributed by atoms with van der Waals surface area (Å²) in [5, 5.41) is 3.40. The van der Waals surface area contributed by atoms with Gasteiger partial charge in [0.15, 0.2) is 0 Å². The molecule has 1 aliphatic heterocycles. The van der Waals surface area contributed by atoms with Gasteiger partial charge in [-0.2, -0.15) is 0 Å². The maximum atomic E-state index is 13.3. The highest BCUT2D eigenvalue weighted by atomic mass is 35.5. The Morgan fingerprint density at radius 2 is 1.81 bits per heavy atom. The number of benzene rings is 2. The van der Waals surface area contributed by atoms with Gasteiger partial charge in [-0.25, -0.2) is 4.39 Å².